The lowest BCUT2D eigenvalue weighted by atomic mass is 10.1. The zero-order valence-corrected chi connectivity index (χ0v) is 17.6. The molecule has 4 aromatic rings. The number of hydrogen-bond donors (Lipinski definition) is 2. The van der Waals surface area contributed by atoms with Crippen LogP contribution in [0.4, 0.5) is 10.2 Å². The molecule has 1 aliphatic heterocycles. The number of imidazole rings is 1. The number of H-pyrrole nitrogens is 1. The first-order valence-corrected chi connectivity index (χ1v) is 10.7. The Morgan fingerprint density at radius 1 is 1.13 bits per heavy atom. The molecule has 0 amide bonds. The molecular weight excluding hydrogens is 415 g/mol. The van der Waals surface area contributed by atoms with Gasteiger partial charge >= 0.3 is 0 Å². The maximum absolute atomic E-state index is 13.5. The van der Waals surface area contributed by atoms with Crippen LogP contribution in [0.15, 0.2) is 48.8 Å². The molecule has 1 aromatic carbocycles. The van der Waals surface area contributed by atoms with E-state index in [1.54, 1.807) is 18.5 Å². The van der Waals surface area contributed by atoms with E-state index in [1.807, 2.05) is 18.2 Å². The average Bonchev–Trinajstić information content (AvgIpc) is 3.16. The number of aromatic amines is 1. The van der Waals surface area contributed by atoms with E-state index in [1.165, 1.54) is 12.1 Å². The van der Waals surface area contributed by atoms with Crippen LogP contribution >= 0.6 is 11.6 Å². The second kappa shape index (κ2) is 8.24. The van der Waals surface area contributed by atoms with Crippen molar-refractivity contribution in [2.24, 2.45) is 5.73 Å². The molecule has 3 aromatic heterocycles. The molecule has 0 spiro atoms. The van der Waals surface area contributed by atoms with Crippen molar-refractivity contribution in [3.05, 3.63) is 71.0 Å². The molecule has 0 unspecified atom stereocenters. The van der Waals surface area contributed by atoms with Gasteiger partial charge in [-0.1, -0.05) is 23.7 Å². The van der Waals surface area contributed by atoms with Crippen molar-refractivity contribution in [1.29, 1.82) is 0 Å². The Labute approximate surface area is 184 Å². The Kier molecular flexibility index (Phi) is 5.29. The molecule has 0 aliphatic carbocycles. The predicted octanol–water partition coefficient (Wildman–Crippen LogP) is 4.33. The molecule has 31 heavy (non-hydrogen) atoms. The Morgan fingerprint density at radius 2 is 1.97 bits per heavy atom. The van der Waals surface area contributed by atoms with Gasteiger partial charge in [0.05, 0.1) is 10.5 Å². The standard InChI is InChI=1S/C23H22ClFN6/c24-19-13-27-22(31-6-4-17(26)5-7-31)11-18(19)15-10-20-23(28-12-15)30-21(29-20)9-14-2-1-3-16(25)8-14/h1-3,8,10-13,17H,4-7,9,26H2,(H,28,29,30). The molecule has 0 saturated carbocycles. The number of rotatable bonds is 4. The molecule has 4 heterocycles. The summed E-state index contributed by atoms with van der Waals surface area (Å²) in [6.07, 6.45) is 5.87. The maximum Gasteiger partial charge on any atom is 0.177 e. The van der Waals surface area contributed by atoms with Crippen LogP contribution in [0.1, 0.15) is 24.2 Å². The van der Waals surface area contributed by atoms with Gasteiger partial charge in [0.1, 0.15) is 17.5 Å². The quantitative estimate of drug-likeness (QED) is 0.497. The molecule has 5 rings (SSSR count). The zero-order valence-electron chi connectivity index (χ0n) is 16.9. The fourth-order valence-electron chi connectivity index (χ4n) is 3.97. The van der Waals surface area contributed by atoms with Gasteiger partial charge in [0.15, 0.2) is 5.65 Å². The van der Waals surface area contributed by atoms with Gasteiger partial charge in [-0.05, 0) is 42.7 Å². The smallest absolute Gasteiger partial charge is 0.177 e. The minimum absolute atomic E-state index is 0.257. The first kappa shape index (κ1) is 19.9. The van der Waals surface area contributed by atoms with Crippen molar-refractivity contribution in [3.63, 3.8) is 0 Å². The number of benzene rings is 1. The number of fused-ring (bicyclic) bond motifs is 1. The lowest BCUT2D eigenvalue weighted by molar-refractivity contribution is 0.499. The third-order valence-electron chi connectivity index (χ3n) is 5.66. The second-order valence-electron chi connectivity index (χ2n) is 7.93. The highest BCUT2D eigenvalue weighted by atomic mass is 35.5. The van der Waals surface area contributed by atoms with Crippen molar-refractivity contribution in [2.75, 3.05) is 18.0 Å². The number of nitrogens with two attached hydrogens (primary N) is 1. The number of halogens is 2. The Bertz CT molecular complexity index is 1230. The summed E-state index contributed by atoms with van der Waals surface area (Å²) in [5.74, 6) is 1.37. The Hall–Kier alpha value is -3.03. The summed E-state index contributed by atoms with van der Waals surface area (Å²) < 4.78 is 13.5. The summed E-state index contributed by atoms with van der Waals surface area (Å²) in [5.41, 5.74) is 10.1. The molecule has 1 fully saturated rings. The van der Waals surface area contributed by atoms with Crippen LogP contribution in [0.3, 0.4) is 0 Å². The molecule has 0 radical (unpaired) electrons. The van der Waals surface area contributed by atoms with Crippen LogP contribution in [0.2, 0.25) is 5.02 Å². The predicted molar refractivity (Wildman–Crippen MR) is 121 cm³/mol. The van der Waals surface area contributed by atoms with E-state index in [2.05, 4.69) is 24.8 Å². The monoisotopic (exact) mass is 436 g/mol. The number of aromatic nitrogens is 4. The van der Waals surface area contributed by atoms with Crippen LogP contribution in [0, 0.1) is 5.82 Å². The van der Waals surface area contributed by atoms with Crippen LogP contribution < -0.4 is 10.6 Å². The number of pyridine rings is 2. The summed E-state index contributed by atoms with van der Waals surface area (Å²) >= 11 is 6.48. The van der Waals surface area contributed by atoms with Gasteiger partial charge in [-0.2, -0.15) is 0 Å². The van der Waals surface area contributed by atoms with E-state index in [0.29, 0.717) is 17.1 Å². The minimum atomic E-state index is -0.257. The number of hydrogen-bond acceptors (Lipinski definition) is 5. The highest BCUT2D eigenvalue weighted by Crippen LogP contribution is 2.32. The Balaban J connectivity index is 1.44. The van der Waals surface area contributed by atoms with E-state index in [-0.39, 0.29) is 11.9 Å². The van der Waals surface area contributed by atoms with Crippen LogP contribution in [0.25, 0.3) is 22.3 Å². The molecule has 0 bridgehead atoms. The second-order valence-corrected chi connectivity index (χ2v) is 8.34. The summed E-state index contributed by atoms with van der Waals surface area (Å²) in [4.78, 5) is 19.1. The largest absolute Gasteiger partial charge is 0.356 e. The third kappa shape index (κ3) is 4.24. The summed E-state index contributed by atoms with van der Waals surface area (Å²) in [6, 6.07) is 10.8. The zero-order chi connectivity index (χ0) is 21.4. The fraction of sp³-hybridized carbons (Fsp3) is 0.261. The van der Waals surface area contributed by atoms with Crippen LogP contribution in [0.5, 0.6) is 0 Å². The normalized spacial score (nSPS) is 15.0. The number of nitrogens with one attached hydrogen (secondary N) is 1. The maximum atomic E-state index is 13.5. The summed E-state index contributed by atoms with van der Waals surface area (Å²) in [6.45, 7) is 1.77. The number of piperidine rings is 1. The average molecular weight is 437 g/mol. The van der Waals surface area contributed by atoms with E-state index < -0.39 is 0 Å². The van der Waals surface area contributed by atoms with Gasteiger partial charge in [0.2, 0.25) is 0 Å². The SMILES string of the molecule is NC1CCN(c2cc(-c3cnc4nc(Cc5cccc(F)c5)[nH]c4c3)c(Cl)cn2)CC1. The molecule has 1 aliphatic rings. The molecular formula is C23H22ClFN6. The van der Waals surface area contributed by atoms with Crippen molar-refractivity contribution in [2.45, 2.75) is 25.3 Å². The van der Waals surface area contributed by atoms with E-state index in [0.717, 1.165) is 59.8 Å². The van der Waals surface area contributed by atoms with Gasteiger partial charge < -0.3 is 15.6 Å². The molecule has 3 N–H and O–H groups in total. The molecule has 1 saturated heterocycles. The van der Waals surface area contributed by atoms with Gasteiger partial charge in [-0.25, -0.2) is 19.3 Å². The Morgan fingerprint density at radius 3 is 2.77 bits per heavy atom. The van der Waals surface area contributed by atoms with Crippen molar-refractivity contribution >= 4 is 28.6 Å². The van der Waals surface area contributed by atoms with Crippen molar-refractivity contribution < 1.29 is 4.39 Å². The van der Waals surface area contributed by atoms with Gasteiger partial charge in [-0.15, -0.1) is 0 Å². The third-order valence-corrected chi connectivity index (χ3v) is 5.96. The highest BCUT2D eigenvalue weighted by molar-refractivity contribution is 6.33. The summed E-state index contributed by atoms with van der Waals surface area (Å²) in [7, 11) is 0. The number of anilines is 1. The molecule has 6 nitrogen and oxygen atoms in total. The first-order valence-electron chi connectivity index (χ1n) is 10.3. The van der Waals surface area contributed by atoms with E-state index in [4.69, 9.17) is 17.3 Å². The topological polar surface area (TPSA) is 83.7 Å². The highest BCUT2D eigenvalue weighted by Gasteiger charge is 2.19. The van der Waals surface area contributed by atoms with Crippen LogP contribution in [-0.4, -0.2) is 39.1 Å². The minimum Gasteiger partial charge on any atom is -0.356 e. The molecule has 158 valence electrons. The van der Waals surface area contributed by atoms with Gasteiger partial charge in [-0.3, -0.25) is 0 Å². The first-order chi connectivity index (χ1) is 15.0. The molecule has 8 heteroatoms. The molecule has 0 atom stereocenters. The summed E-state index contributed by atoms with van der Waals surface area (Å²) in [5, 5.41) is 0.568. The van der Waals surface area contributed by atoms with E-state index in [9.17, 15) is 4.39 Å². The van der Waals surface area contributed by atoms with Crippen molar-refractivity contribution in [1.82, 2.24) is 19.9 Å². The van der Waals surface area contributed by atoms with Crippen molar-refractivity contribution in [3.8, 4) is 11.1 Å². The number of nitrogens with zero attached hydrogens (tertiary/aromatic N) is 4. The lowest BCUT2D eigenvalue weighted by Crippen LogP contribution is -2.40. The van der Waals surface area contributed by atoms with Gasteiger partial charge in [0.25, 0.3) is 0 Å². The van der Waals surface area contributed by atoms with E-state index >= 15 is 0 Å². The fourth-order valence-corrected chi connectivity index (χ4v) is 4.18. The van der Waals surface area contributed by atoms with Crippen LogP contribution in [-0.2, 0) is 6.42 Å². The lowest BCUT2D eigenvalue weighted by Gasteiger charge is -2.31. The van der Waals surface area contributed by atoms with Gasteiger partial charge in [0, 0.05) is 49.1 Å².